The molecule has 0 spiro atoms. The molecule has 1 atom stereocenters. The molecule has 40 heavy (non-hydrogen) atoms. The first kappa shape index (κ1) is 28.5. The van der Waals surface area contributed by atoms with Gasteiger partial charge in [-0.05, 0) is 0 Å². The van der Waals surface area contributed by atoms with Gasteiger partial charge in [0, 0.05) is 0 Å². The third kappa shape index (κ3) is 4.88. The van der Waals surface area contributed by atoms with Crippen LogP contribution in [0.5, 0.6) is 0 Å². The zero-order chi connectivity index (χ0) is 25.5. The van der Waals surface area contributed by atoms with Crippen molar-refractivity contribution in [1.82, 2.24) is 0 Å². The summed E-state index contributed by atoms with van der Waals surface area (Å²) in [6, 6.07) is 42.7. The second kappa shape index (κ2) is 12.2. The number of hydrogen-bond donors (Lipinski definition) is 0. The van der Waals surface area contributed by atoms with Crippen molar-refractivity contribution >= 4 is 8.78 Å². The predicted molar refractivity (Wildman–Crippen MR) is 154 cm³/mol. The molecule has 0 saturated heterocycles. The van der Waals surface area contributed by atoms with Crippen LogP contribution in [0.15, 0.2) is 148 Å². The van der Waals surface area contributed by atoms with Crippen LogP contribution in [0.1, 0.15) is 38.4 Å². The van der Waals surface area contributed by atoms with E-state index in [-0.39, 0.29) is 24.8 Å². The summed E-state index contributed by atoms with van der Waals surface area (Å²) in [6.45, 7) is 2.39. The molecule has 0 bridgehead atoms. The summed E-state index contributed by atoms with van der Waals surface area (Å²) < 4.78 is 9.21. The molecule has 7 rings (SSSR count). The first-order valence-corrected chi connectivity index (χ1v) is 17.2. The first-order chi connectivity index (χ1) is 18.8. The molecule has 1 nitrogen and oxygen atoms in total. The average molecular weight is 639 g/mol. The van der Waals surface area contributed by atoms with Crippen LogP contribution in [0.3, 0.4) is 0 Å². The van der Waals surface area contributed by atoms with Crippen LogP contribution in [0.4, 0.5) is 0 Å². The zero-order valence-corrected chi connectivity index (χ0v) is 26.1. The van der Waals surface area contributed by atoms with Crippen LogP contribution in [0.25, 0.3) is 16.7 Å². The van der Waals surface area contributed by atoms with Gasteiger partial charge in [0.25, 0.3) is 0 Å². The largest absolute Gasteiger partial charge is 1.00 e. The smallest absolute Gasteiger partial charge is 1.00 e. The number of rotatable bonds is 5. The maximum absolute atomic E-state index is 5.60. The minimum absolute atomic E-state index is 0. The molecule has 0 N–H and O–H groups in total. The van der Waals surface area contributed by atoms with Gasteiger partial charge in [-0.3, -0.25) is 0 Å². The molecule has 0 fully saturated rings. The van der Waals surface area contributed by atoms with Crippen LogP contribution in [0.2, 0.25) is 0 Å². The maximum atomic E-state index is 5.60. The zero-order valence-electron chi connectivity index (χ0n) is 22.1. The minimum atomic E-state index is -2.81. The molecule has 0 radical (unpaired) electrons. The van der Waals surface area contributed by atoms with Gasteiger partial charge in [-0.25, -0.2) is 0 Å². The van der Waals surface area contributed by atoms with Crippen LogP contribution in [-0.4, -0.2) is 3.21 Å². The fourth-order valence-corrected chi connectivity index (χ4v) is 16.3. The van der Waals surface area contributed by atoms with E-state index in [1.54, 1.807) is 12.8 Å². The van der Waals surface area contributed by atoms with Crippen molar-refractivity contribution in [3.63, 3.8) is 0 Å². The Hall–Kier alpha value is -3.03. The predicted octanol–water partition coefficient (Wildman–Crippen LogP) is 2.86. The van der Waals surface area contributed by atoms with Gasteiger partial charge < -0.3 is 24.8 Å². The van der Waals surface area contributed by atoms with Gasteiger partial charge in [0.2, 0.25) is 0 Å². The Morgan fingerprint density at radius 1 is 0.650 bits per heavy atom. The van der Waals surface area contributed by atoms with E-state index < -0.39 is 21.3 Å². The number of halogens is 2. The van der Waals surface area contributed by atoms with Crippen molar-refractivity contribution < 1.29 is 50.5 Å². The molecule has 0 amide bonds. The van der Waals surface area contributed by atoms with Gasteiger partial charge in [-0.15, -0.1) is 0 Å². The summed E-state index contributed by atoms with van der Waals surface area (Å²) in [5.74, 6) is 0.386. The maximum Gasteiger partial charge on any atom is -1.00 e. The molecular weight excluding hydrogens is 611 g/mol. The summed E-state index contributed by atoms with van der Waals surface area (Å²) in [6.07, 6.45) is 8.48. The Kier molecular flexibility index (Phi) is 8.72. The number of benzene rings is 4. The van der Waals surface area contributed by atoms with Gasteiger partial charge in [-0.1, -0.05) is 0 Å². The first-order valence-electron chi connectivity index (χ1n) is 13.3. The number of hydrogen-bond acceptors (Lipinski definition) is 1. The monoisotopic (exact) mass is 636 g/mol. The topological polar surface area (TPSA) is 13.1 Å². The van der Waals surface area contributed by atoms with Crippen molar-refractivity contribution in [3.05, 3.63) is 171 Å². The summed E-state index contributed by atoms with van der Waals surface area (Å²) in [5.41, 5.74) is 11.1. The SMILES string of the molecule is CC1C=CC(c2ccoc2)=[C]1[Zr+2](=[C](c1ccccc1)c1ccccc1)[CH]1c2ccccc2-c2ccccc21.[Cl-].[Cl-]. The standard InChI is InChI=1S/C13H9.C13H10.C10H9O.2ClH.Zr/c1-3-7-12-10(5-1)9-11-6-2-4-8-13(11)12;1-3-7-12(8-4-1)11-13-9-5-2-6-10-13;1-8-2-3-9(6-8)10-4-5-11-7-10;;;/h1-9H;1-10H;2-5,7-8H,1H3;2*1H;/q;;;;;+2/p-2. The van der Waals surface area contributed by atoms with Crippen LogP contribution >= 0.6 is 0 Å². The Bertz CT molecular complexity index is 1630. The molecule has 0 aliphatic heterocycles. The van der Waals surface area contributed by atoms with Crippen molar-refractivity contribution in [2.45, 2.75) is 10.5 Å². The van der Waals surface area contributed by atoms with E-state index in [4.69, 9.17) is 4.42 Å². The summed E-state index contributed by atoms with van der Waals surface area (Å²) >= 11 is -2.81. The molecule has 4 heteroatoms. The van der Waals surface area contributed by atoms with Crippen molar-refractivity contribution in [2.75, 3.05) is 0 Å². The van der Waals surface area contributed by atoms with Gasteiger partial charge >= 0.3 is 233 Å². The van der Waals surface area contributed by atoms with E-state index in [0.717, 1.165) is 0 Å². The molecule has 1 aromatic heterocycles. The van der Waals surface area contributed by atoms with E-state index in [2.05, 4.69) is 134 Å². The van der Waals surface area contributed by atoms with Crippen molar-refractivity contribution in [1.29, 1.82) is 0 Å². The van der Waals surface area contributed by atoms with E-state index >= 15 is 0 Å². The van der Waals surface area contributed by atoms with Gasteiger partial charge in [0.15, 0.2) is 0 Å². The second-order valence-corrected chi connectivity index (χ2v) is 16.1. The average Bonchev–Trinajstić information content (AvgIpc) is 3.71. The normalized spacial score (nSPS) is 14.9. The molecule has 0 saturated carbocycles. The fraction of sp³-hybridized carbons (Fsp3) is 0.0833. The third-order valence-corrected chi connectivity index (χ3v) is 16.8. The Labute approximate surface area is 256 Å². The van der Waals surface area contributed by atoms with Gasteiger partial charge in [-0.2, -0.15) is 0 Å². The van der Waals surface area contributed by atoms with Crippen LogP contribution in [-0.2, 0) is 21.3 Å². The van der Waals surface area contributed by atoms with Crippen molar-refractivity contribution in [2.24, 2.45) is 5.92 Å². The Balaban J connectivity index is 0.00000161. The number of furan rings is 1. The molecule has 1 heterocycles. The number of fused-ring (bicyclic) bond motifs is 3. The van der Waals surface area contributed by atoms with Gasteiger partial charge in [0.05, 0.1) is 0 Å². The quantitative estimate of drug-likeness (QED) is 0.289. The number of allylic oxidation sites excluding steroid dienone is 4. The van der Waals surface area contributed by atoms with E-state index in [9.17, 15) is 0 Å². The summed E-state index contributed by atoms with van der Waals surface area (Å²) in [5, 5.41) is 0. The minimum Gasteiger partial charge on any atom is -1.00 e. The summed E-state index contributed by atoms with van der Waals surface area (Å²) in [4.78, 5) is 0. The summed E-state index contributed by atoms with van der Waals surface area (Å²) in [7, 11) is 0. The van der Waals surface area contributed by atoms with Gasteiger partial charge in [0.1, 0.15) is 0 Å². The van der Waals surface area contributed by atoms with E-state index in [1.165, 1.54) is 44.5 Å². The van der Waals surface area contributed by atoms with Crippen molar-refractivity contribution in [3.8, 4) is 11.1 Å². The molecule has 2 aliphatic carbocycles. The molecule has 196 valence electrons. The Morgan fingerprint density at radius 2 is 1.18 bits per heavy atom. The third-order valence-electron chi connectivity index (χ3n) is 7.94. The Morgan fingerprint density at radius 3 is 1.70 bits per heavy atom. The van der Waals surface area contributed by atoms with Crippen LogP contribution in [0, 0.1) is 5.92 Å². The van der Waals surface area contributed by atoms with Crippen LogP contribution < -0.4 is 24.8 Å². The molecule has 2 aliphatic rings. The van der Waals surface area contributed by atoms with E-state index in [0.29, 0.717) is 9.54 Å². The molecule has 1 unspecified atom stereocenters. The molecule has 5 aromatic rings. The van der Waals surface area contributed by atoms with E-state index in [1.807, 2.05) is 6.26 Å². The molecular formula is C36H28Cl2OZr. The second-order valence-electron chi connectivity index (χ2n) is 10.1. The fourth-order valence-electron chi connectivity index (χ4n) is 6.32. The molecule has 4 aromatic carbocycles.